The molecular formula is C14H18N2O4S. The Labute approximate surface area is 126 Å². The predicted molar refractivity (Wildman–Crippen MR) is 78.1 cm³/mol. The fraction of sp³-hybridized carbons (Fsp3) is 0.500. The maximum Gasteiger partial charge on any atom is 0.308 e. The van der Waals surface area contributed by atoms with Gasteiger partial charge in [0, 0.05) is 24.9 Å². The Kier molecular flexibility index (Phi) is 4.95. The third-order valence-corrected chi connectivity index (χ3v) is 4.52. The number of amides is 2. The Bertz CT molecular complexity index is 555. The highest BCUT2D eigenvalue weighted by Crippen LogP contribution is 2.22. The second kappa shape index (κ2) is 6.71. The maximum absolute atomic E-state index is 12.4. The molecule has 0 radical (unpaired) electrons. The van der Waals surface area contributed by atoms with E-state index in [4.69, 9.17) is 5.11 Å². The summed E-state index contributed by atoms with van der Waals surface area (Å²) in [6.07, 6.45) is 1.34. The van der Waals surface area contributed by atoms with E-state index in [0.717, 1.165) is 4.88 Å². The summed E-state index contributed by atoms with van der Waals surface area (Å²) in [5.41, 5.74) is 0. The van der Waals surface area contributed by atoms with E-state index < -0.39 is 11.9 Å². The molecule has 1 aliphatic rings. The first kappa shape index (κ1) is 15.5. The minimum Gasteiger partial charge on any atom is -0.481 e. The number of nitrogens with zero attached hydrogens (tertiary/aromatic N) is 1. The lowest BCUT2D eigenvalue weighted by Crippen LogP contribution is -2.42. The molecule has 114 valence electrons. The number of piperidine rings is 1. The zero-order valence-corrected chi connectivity index (χ0v) is 12.6. The highest BCUT2D eigenvalue weighted by molar-refractivity contribution is 7.14. The molecule has 1 unspecified atom stereocenters. The summed E-state index contributed by atoms with van der Waals surface area (Å²) in [7, 11) is 0. The van der Waals surface area contributed by atoms with Gasteiger partial charge < -0.3 is 15.3 Å². The number of carbonyl (C=O) groups excluding carboxylic acids is 2. The van der Waals surface area contributed by atoms with Crippen LogP contribution in [0, 0.1) is 5.92 Å². The van der Waals surface area contributed by atoms with Crippen molar-refractivity contribution in [3.63, 3.8) is 0 Å². The van der Waals surface area contributed by atoms with Gasteiger partial charge in [0.25, 0.3) is 5.91 Å². The van der Waals surface area contributed by atoms with E-state index in [1.165, 1.54) is 18.3 Å². The van der Waals surface area contributed by atoms with E-state index in [2.05, 4.69) is 5.32 Å². The van der Waals surface area contributed by atoms with Crippen LogP contribution in [0.15, 0.2) is 12.1 Å². The van der Waals surface area contributed by atoms with E-state index in [0.29, 0.717) is 30.8 Å². The number of aliphatic carboxylic acids is 1. The van der Waals surface area contributed by atoms with E-state index in [9.17, 15) is 14.4 Å². The zero-order valence-electron chi connectivity index (χ0n) is 11.8. The van der Waals surface area contributed by atoms with Gasteiger partial charge in [-0.05, 0) is 25.0 Å². The smallest absolute Gasteiger partial charge is 0.308 e. The average Bonchev–Trinajstić information content (AvgIpc) is 2.93. The molecule has 0 aliphatic carbocycles. The van der Waals surface area contributed by atoms with E-state index in [1.807, 2.05) is 6.07 Å². The number of carboxylic acid groups (broad SMARTS) is 1. The summed E-state index contributed by atoms with van der Waals surface area (Å²) in [6, 6.07) is 3.54. The molecule has 0 saturated carbocycles. The highest BCUT2D eigenvalue weighted by atomic mass is 32.1. The van der Waals surface area contributed by atoms with Crippen LogP contribution in [0.2, 0.25) is 0 Å². The van der Waals surface area contributed by atoms with Gasteiger partial charge in [-0.25, -0.2) is 0 Å². The summed E-state index contributed by atoms with van der Waals surface area (Å²) in [5, 5.41) is 11.7. The Morgan fingerprint density at radius 3 is 2.86 bits per heavy atom. The van der Waals surface area contributed by atoms with Crippen molar-refractivity contribution in [2.45, 2.75) is 26.3 Å². The van der Waals surface area contributed by atoms with Crippen molar-refractivity contribution in [3.05, 3.63) is 21.9 Å². The number of rotatable bonds is 4. The van der Waals surface area contributed by atoms with Gasteiger partial charge in [-0.2, -0.15) is 0 Å². The molecule has 1 aromatic heterocycles. The normalized spacial score (nSPS) is 18.3. The van der Waals surface area contributed by atoms with Crippen LogP contribution in [0.1, 0.15) is 34.3 Å². The van der Waals surface area contributed by atoms with Gasteiger partial charge in [-0.1, -0.05) is 0 Å². The van der Waals surface area contributed by atoms with Gasteiger partial charge in [0.15, 0.2) is 0 Å². The molecule has 6 nitrogen and oxygen atoms in total. The third kappa shape index (κ3) is 4.04. The Balaban J connectivity index is 1.99. The van der Waals surface area contributed by atoms with Gasteiger partial charge in [0.2, 0.25) is 5.91 Å². The second-order valence-corrected chi connectivity index (χ2v) is 6.27. The van der Waals surface area contributed by atoms with Crippen molar-refractivity contribution < 1.29 is 19.5 Å². The fourth-order valence-electron chi connectivity index (χ4n) is 2.32. The molecule has 1 atom stereocenters. The van der Waals surface area contributed by atoms with Crippen LogP contribution >= 0.6 is 11.3 Å². The number of hydrogen-bond acceptors (Lipinski definition) is 4. The molecule has 1 aliphatic heterocycles. The number of hydrogen-bond donors (Lipinski definition) is 2. The predicted octanol–water partition coefficient (Wildman–Crippen LogP) is 1.32. The van der Waals surface area contributed by atoms with Crippen molar-refractivity contribution in [1.29, 1.82) is 0 Å². The number of thiophene rings is 1. The topological polar surface area (TPSA) is 86.7 Å². The second-order valence-electron chi connectivity index (χ2n) is 5.10. The van der Waals surface area contributed by atoms with Crippen LogP contribution in [0.3, 0.4) is 0 Å². The lowest BCUT2D eigenvalue weighted by atomic mass is 9.98. The van der Waals surface area contributed by atoms with E-state index in [-0.39, 0.29) is 18.4 Å². The molecule has 1 saturated heterocycles. The molecule has 2 heterocycles. The highest BCUT2D eigenvalue weighted by Gasteiger charge is 2.29. The number of carbonyl (C=O) groups is 3. The first-order valence-electron chi connectivity index (χ1n) is 6.82. The summed E-state index contributed by atoms with van der Waals surface area (Å²) < 4.78 is 0. The summed E-state index contributed by atoms with van der Waals surface area (Å²) >= 11 is 1.33. The molecule has 2 rings (SSSR count). The Morgan fingerprint density at radius 2 is 2.19 bits per heavy atom. The van der Waals surface area contributed by atoms with Crippen LogP contribution in [0.5, 0.6) is 0 Å². The van der Waals surface area contributed by atoms with Crippen molar-refractivity contribution in [3.8, 4) is 0 Å². The molecular weight excluding hydrogens is 292 g/mol. The van der Waals surface area contributed by atoms with Crippen LogP contribution in [-0.2, 0) is 16.1 Å². The SMILES string of the molecule is CC(=O)NCc1ccc(C(=O)N2CCCC(C(=O)O)C2)s1. The van der Waals surface area contributed by atoms with Gasteiger partial charge in [-0.3, -0.25) is 14.4 Å². The summed E-state index contributed by atoms with van der Waals surface area (Å²) in [6.45, 7) is 2.72. The number of carboxylic acids is 1. The van der Waals surface area contributed by atoms with Crippen molar-refractivity contribution >= 4 is 29.1 Å². The zero-order chi connectivity index (χ0) is 15.4. The Morgan fingerprint density at radius 1 is 1.43 bits per heavy atom. The van der Waals surface area contributed by atoms with Crippen LogP contribution in [0.25, 0.3) is 0 Å². The lowest BCUT2D eigenvalue weighted by Gasteiger charge is -2.30. The monoisotopic (exact) mass is 310 g/mol. The molecule has 0 bridgehead atoms. The average molecular weight is 310 g/mol. The Hall–Kier alpha value is -1.89. The van der Waals surface area contributed by atoms with Crippen molar-refractivity contribution in [2.24, 2.45) is 5.92 Å². The molecule has 1 fully saturated rings. The quantitative estimate of drug-likeness (QED) is 0.878. The van der Waals surface area contributed by atoms with E-state index >= 15 is 0 Å². The van der Waals surface area contributed by atoms with Gasteiger partial charge in [-0.15, -0.1) is 11.3 Å². The van der Waals surface area contributed by atoms with E-state index in [1.54, 1.807) is 11.0 Å². The van der Waals surface area contributed by atoms with Gasteiger partial charge in [0.1, 0.15) is 0 Å². The maximum atomic E-state index is 12.4. The number of likely N-dealkylation sites (tertiary alicyclic amines) is 1. The fourth-order valence-corrected chi connectivity index (χ4v) is 3.23. The summed E-state index contributed by atoms with van der Waals surface area (Å²) in [4.78, 5) is 37.4. The molecule has 0 spiro atoms. The minimum atomic E-state index is -0.843. The molecule has 0 aromatic carbocycles. The van der Waals surface area contributed by atoms with Gasteiger partial charge >= 0.3 is 5.97 Å². The van der Waals surface area contributed by atoms with Gasteiger partial charge in [0.05, 0.1) is 17.3 Å². The van der Waals surface area contributed by atoms with Crippen LogP contribution < -0.4 is 5.32 Å². The molecule has 1 aromatic rings. The summed E-state index contributed by atoms with van der Waals surface area (Å²) in [5.74, 6) is -1.55. The van der Waals surface area contributed by atoms with Crippen molar-refractivity contribution in [2.75, 3.05) is 13.1 Å². The standard InChI is InChI=1S/C14H18N2O4S/c1-9(17)15-7-11-4-5-12(21-11)13(18)16-6-2-3-10(8-16)14(19)20/h4-5,10H,2-3,6-8H2,1H3,(H,15,17)(H,19,20). The molecule has 2 N–H and O–H groups in total. The first-order chi connectivity index (χ1) is 9.97. The largest absolute Gasteiger partial charge is 0.481 e. The molecule has 2 amide bonds. The number of nitrogens with one attached hydrogen (secondary N) is 1. The van der Waals surface area contributed by atoms with Crippen LogP contribution in [0.4, 0.5) is 0 Å². The molecule has 7 heteroatoms. The lowest BCUT2D eigenvalue weighted by molar-refractivity contribution is -0.143. The van der Waals surface area contributed by atoms with Crippen molar-refractivity contribution in [1.82, 2.24) is 10.2 Å². The first-order valence-corrected chi connectivity index (χ1v) is 7.64. The third-order valence-electron chi connectivity index (χ3n) is 3.44. The van der Waals surface area contributed by atoms with Crippen LogP contribution in [-0.4, -0.2) is 40.9 Å². The minimum absolute atomic E-state index is 0.114. The molecule has 21 heavy (non-hydrogen) atoms.